The third kappa shape index (κ3) is 2.74. The van der Waals surface area contributed by atoms with Gasteiger partial charge < -0.3 is 15.1 Å². The molecule has 0 saturated heterocycles. The van der Waals surface area contributed by atoms with Crippen LogP contribution in [0.3, 0.4) is 0 Å². The number of carboxylic acid groups (broad SMARTS) is 1. The topological polar surface area (TPSA) is 60.8 Å². The van der Waals surface area contributed by atoms with Gasteiger partial charge in [0.2, 0.25) is 0 Å². The Labute approximate surface area is 120 Å². The standard InChI is InChI=1S/C16H23NO3/c1-10-7-12-11(8-14(10)18)5-6-17(15(19)20)9-13(12)16(2,3)4/h7-8,13,18H,5-6,9H2,1-4H3,(H,19,20). The van der Waals surface area contributed by atoms with E-state index in [-0.39, 0.29) is 11.3 Å². The van der Waals surface area contributed by atoms with Crippen molar-refractivity contribution in [2.24, 2.45) is 5.41 Å². The zero-order valence-corrected chi connectivity index (χ0v) is 12.6. The van der Waals surface area contributed by atoms with Gasteiger partial charge in [-0.2, -0.15) is 0 Å². The van der Waals surface area contributed by atoms with Crippen molar-refractivity contribution in [2.45, 2.75) is 40.0 Å². The first-order chi connectivity index (χ1) is 9.20. The minimum atomic E-state index is -0.868. The summed E-state index contributed by atoms with van der Waals surface area (Å²) in [5.74, 6) is 0.426. The van der Waals surface area contributed by atoms with Crippen LogP contribution in [0.2, 0.25) is 0 Å². The second-order valence-corrected chi connectivity index (χ2v) is 6.73. The largest absolute Gasteiger partial charge is 0.508 e. The first kappa shape index (κ1) is 14.7. The molecule has 2 rings (SSSR count). The van der Waals surface area contributed by atoms with E-state index in [1.807, 2.05) is 13.0 Å². The molecule has 0 aliphatic carbocycles. The van der Waals surface area contributed by atoms with Crippen LogP contribution >= 0.6 is 0 Å². The summed E-state index contributed by atoms with van der Waals surface area (Å²) < 4.78 is 0. The molecule has 1 aliphatic rings. The van der Waals surface area contributed by atoms with Crippen LogP contribution in [-0.2, 0) is 6.42 Å². The maximum Gasteiger partial charge on any atom is 0.407 e. The van der Waals surface area contributed by atoms with E-state index in [1.54, 1.807) is 6.07 Å². The van der Waals surface area contributed by atoms with E-state index in [9.17, 15) is 15.0 Å². The maximum absolute atomic E-state index is 11.3. The van der Waals surface area contributed by atoms with E-state index in [1.165, 1.54) is 10.5 Å². The normalized spacial score (nSPS) is 19.4. The fourth-order valence-electron chi connectivity index (χ4n) is 2.88. The van der Waals surface area contributed by atoms with Gasteiger partial charge in [0.1, 0.15) is 5.75 Å². The molecule has 110 valence electrons. The Bertz CT molecular complexity index is 531. The number of hydrogen-bond acceptors (Lipinski definition) is 2. The molecule has 1 amide bonds. The summed E-state index contributed by atoms with van der Waals surface area (Å²) in [7, 11) is 0. The molecule has 1 heterocycles. The van der Waals surface area contributed by atoms with Crippen molar-refractivity contribution in [3.8, 4) is 5.75 Å². The van der Waals surface area contributed by atoms with Crippen LogP contribution in [0.5, 0.6) is 5.75 Å². The highest BCUT2D eigenvalue weighted by Gasteiger charge is 2.33. The highest BCUT2D eigenvalue weighted by molar-refractivity contribution is 5.65. The molecular weight excluding hydrogens is 254 g/mol. The number of rotatable bonds is 0. The Morgan fingerprint density at radius 1 is 1.35 bits per heavy atom. The molecule has 1 atom stereocenters. The number of aryl methyl sites for hydroxylation is 1. The van der Waals surface area contributed by atoms with Crippen LogP contribution in [-0.4, -0.2) is 34.3 Å². The smallest absolute Gasteiger partial charge is 0.407 e. The van der Waals surface area contributed by atoms with Crippen molar-refractivity contribution in [3.05, 3.63) is 28.8 Å². The Hall–Kier alpha value is -1.71. The van der Waals surface area contributed by atoms with Gasteiger partial charge in [-0.3, -0.25) is 0 Å². The van der Waals surface area contributed by atoms with Gasteiger partial charge in [-0.15, -0.1) is 0 Å². The molecule has 0 radical (unpaired) electrons. The van der Waals surface area contributed by atoms with Crippen molar-refractivity contribution in [1.29, 1.82) is 0 Å². The first-order valence-corrected chi connectivity index (χ1v) is 7.00. The quantitative estimate of drug-likeness (QED) is 0.764. The molecule has 4 heteroatoms. The molecule has 2 N–H and O–H groups in total. The Balaban J connectivity index is 2.52. The number of amides is 1. The minimum Gasteiger partial charge on any atom is -0.508 e. The van der Waals surface area contributed by atoms with Crippen LogP contribution in [0.25, 0.3) is 0 Å². The number of hydrogen-bond donors (Lipinski definition) is 2. The number of carbonyl (C=O) groups is 1. The average Bonchev–Trinajstić information content (AvgIpc) is 2.49. The number of aromatic hydroxyl groups is 1. The molecule has 0 fully saturated rings. The Kier molecular flexibility index (Phi) is 3.67. The highest BCUT2D eigenvalue weighted by Crippen LogP contribution is 2.40. The van der Waals surface area contributed by atoms with E-state index >= 15 is 0 Å². The Morgan fingerprint density at radius 2 is 2.00 bits per heavy atom. The summed E-state index contributed by atoms with van der Waals surface area (Å²) in [5, 5.41) is 19.2. The minimum absolute atomic E-state index is 0.0315. The summed E-state index contributed by atoms with van der Waals surface area (Å²) in [6.45, 7) is 9.28. The number of fused-ring (bicyclic) bond motifs is 1. The SMILES string of the molecule is Cc1cc2c(cc1O)CCN(C(=O)O)CC2C(C)(C)C. The molecule has 1 unspecified atom stereocenters. The van der Waals surface area contributed by atoms with Gasteiger partial charge in [0.25, 0.3) is 0 Å². The number of benzene rings is 1. The van der Waals surface area contributed by atoms with Gasteiger partial charge >= 0.3 is 6.09 Å². The van der Waals surface area contributed by atoms with Gasteiger partial charge in [-0.05, 0) is 41.5 Å². The Morgan fingerprint density at radius 3 is 2.55 bits per heavy atom. The second-order valence-electron chi connectivity index (χ2n) is 6.73. The van der Waals surface area contributed by atoms with Crippen molar-refractivity contribution < 1.29 is 15.0 Å². The fraction of sp³-hybridized carbons (Fsp3) is 0.562. The summed E-state index contributed by atoms with van der Waals surface area (Å²) in [6.07, 6.45) is -0.213. The molecule has 0 saturated carbocycles. The van der Waals surface area contributed by atoms with Crippen molar-refractivity contribution >= 4 is 6.09 Å². The van der Waals surface area contributed by atoms with Crippen LogP contribution in [0.4, 0.5) is 4.79 Å². The van der Waals surface area contributed by atoms with Crippen LogP contribution in [0, 0.1) is 12.3 Å². The molecule has 0 bridgehead atoms. The van der Waals surface area contributed by atoms with E-state index in [0.717, 1.165) is 11.1 Å². The predicted octanol–water partition coefficient (Wildman–Crippen LogP) is 3.37. The van der Waals surface area contributed by atoms with E-state index in [2.05, 4.69) is 20.8 Å². The lowest BCUT2D eigenvalue weighted by Crippen LogP contribution is -2.36. The van der Waals surface area contributed by atoms with Crippen LogP contribution in [0.15, 0.2) is 12.1 Å². The average molecular weight is 277 g/mol. The van der Waals surface area contributed by atoms with Crippen molar-refractivity contribution in [3.63, 3.8) is 0 Å². The molecule has 1 aliphatic heterocycles. The molecule has 4 nitrogen and oxygen atoms in total. The van der Waals surface area contributed by atoms with E-state index in [0.29, 0.717) is 25.3 Å². The number of phenols is 1. The predicted molar refractivity (Wildman–Crippen MR) is 78.3 cm³/mol. The first-order valence-electron chi connectivity index (χ1n) is 7.00. The van der Waals surface area contributed by atoms with Crippen LogP contribution in [0.1, 0.15) is 43.4 Å². The second kappa shape index (κ2) is 5.00. The van der Waals surface area contributed by atoms with E-state index < -0.39 is 6.09 Å². The molecule has 1 aromatic rings. The molecule has 0 aromatic heterocycles. The third-order valence-electron chi connectivity index (χ3n) is 4.20. The van der Waals surface area contributed by atoms with Gasteiger partial charge in [0.15, 0.2) is 0 Å². The number of phenolic OH excluding ortho intramolecular Hbond substituents is 1. The maximum atomic E-state index is 11.3. The summed E-state index contributed by atoms with van der Waals surface area (Å²) in [4.78, 5) is 12.8. The summed E-state index contributed by atoms with van der Waals surface area (Å²) in [6, 6.07) is 3.82. The number of nitrogens with zero attached hydrogens (tertiary/aromatic N) is 1. The van der Waals surface area contributed by atoms with Gasteiger partial charge in [0, 0.05) is 19.0 Å². The fourth-order valence-corrected chi connectivity index (χ4v) is 2.88. The van der Waals surface area contributed by atoms with Gasteiger partial charge in [0.05, 0.1) is 0 Å². The lowest BCUT2D eigenvalue weighted by molar-refractivity contribution is 0.135. The molecule has 0 spiro atoms. The molecule has 20 heavy (non-hydrogen) atoms. The van der Waals surface area contributed by atoms with E-state index in [4.69, 9.17) is 0 Å². The van der Waals surface area contributed by atoms with Crippen LogP contribution < -0.4 is 0 Å². The summed E-state index contributed by atoms with van der Waals surface area (Å²) in [5.41, 5.74) is 3.06. The van der Waals surface area contributed by atoms with Crippen molar-refractivity contribution in [1.82, 2.24) is 4.90 Å². The van der Waals surface area contributed by atoms with Gasteiger partial charge in [-0.25, -0.2) is 4.79 Å². The van der Waals surface area contributed by atoms with Gasteiger partial charge in [-0.1, -0.05) is 26.8 Å². The molecular formula is C16H23NO3. The lowest BCUT2D eigenvalue weighted by Gasteiger charge is -2.33. The highest BCUT2D eigenvalue weighted by atomic mass is 16.4. The monoisotopic (exact) mass is 277 g/mol. The third-order valence-corrected chi connectivity index (χ3v) is 4.20. The zero-order valence-electron chi connectivity index (χ0n) is 12.6. The van der Waals surface area contributed by atoms with Crippen molar-refractivity contribution in [2.75, 3.05) is 13.1 Å². The molecule has 1 aromatic carbocycles. The lowest BCUT2D eigenvalue weighted by atomic mass is 9.74. The summed E-state index contributed by atoms with van der Waals surface area (Å²) >= 11 is 0. The zero-order chi connectivity index (χ0) is 15.1.